The van der Waals surface area contributed by atoms with E-state index in [-0.39, 0.29) is 18.0 Å². The first-order valence-corrected chi connectivity index (χ1v) is 7.29. The summed E-state index contributed by atoms with van der Waals surface area (Å²) in [5.41, 5.74) is 1.29. The fraction of sp³-hybridized carbons (Fsp3) is 0.312. The van der Waals surface area contributed by atoms with Crippen molar-refractivity contribution in [2.75, 3.05) is 5.32 Å². The van der Waals surface area contributed by atoms with Crippen LogP contribution in [0.25, 0.3) is 0 Å². The molecule has 0 bridgehead atoms. The van der Waals surface area contributed by atoms with Gasteiger partial charge in [-0.1, -0.05) is 6.07 Å². The number of rotatable bonds is 4. The number of carboxylic acids is 1. The molecule has 0 aliphatic carbocycles. The lowest BCUT2D eigenvalue weighted by molar-refractivity contribution is -0.140. The van der Waals surface area contributed by atoms with Gasteiger partial charge in [-0.3, -0.25) is 9.36 Å². The molecular weight excluding hydrogens is 301 g/mol. The van der Waals surface area contributed by atoms with Crippen molar-refractivity contribution < 1.29 is 14.3 Å². The molecule has 7 heteroatoms. The summed E-state index contributed by atoms with van der Waals surface area (Å²) in [6.45, 7) is 2.04. The van der Waals surface area contributed by atoms with E-state index in [4.69, 9.17) is 0 Å². The summed E-state index contributed by atoms with van der Waals surface area (Å²) in [7, 11) is 0. The first-order chi connectivity index (χ1) is 11.0. The molecule has 0 saturated carbocycles. The molecule has 120 valence electrons. The second-order valence-electron chi connectivity index (χ2n) is 5.65. The minimum Gasteiger partial charge on any atom is -0.480 e. The monoisotopic (exact) mass is 317 g/mol. The van der Waals surface area contributed by atoms with Gasteiger partial charge in [0.2, 0.25) is 0 Å². The van der Waals surface area contributed by atoms with Gasteiger partial charge in [-0.25, -0.2) is 14.2 Å². The molecule has 1 aromatic carbocycles. The number of aryl methyl sites for hydroxylation is 2. The smallest absolute Gasteiger partial charge is 0.326 e. The number of fused-ring (bicyclic) bond motifs is 1. The molecule has 0 saturated heterocycles. The Hall–Kier alpha value is -2.70. The van der Waals surface area contributed by atoms with Crippen molar-refractivity contribution in [3.8, 4) is 0 Å². The number of benzene rings is 1. The summed E-state index contributed by atoms with van der Waals surface area (Å²) >= 11 is 0. The summed E-state index contributed by atoms with van der Waals surface area (Å²) in [4.78, 5) is 27.8. The predicted molar refractivity (Wildman–Crippen MR) is 82.0 cm³/mol. The number of hydrogen-bond acceptors (Lipinski definition) is 4. The van der Waals surface area contributed by atoms with Crippen LogP contribution >= 0.6 is 0 Å². The largest absolute Gasteiger partial charge is 0.480 e. The lowest BCUT2D eigenvalue weighted by atomic mass is 10.1. The van der Waals surface area contributed by atoms with E-state index in [0.717, 1.165) is 5.56 Å². The molecule has 0 fully saturated rings. The summed E-state index contributed by atoms with van der Waals surface area (Å²) in [5, 5.41) is 12.1. The Morgan fingerprint density at radius 3 is 2.96 bits per heavy atom. The van der Waals surface area contributed by atoms with Crippen molar-refractivity contribution in [2.24, 2.45) is 0 Å². The van der Waals surface area contributed by atoms with Crippen LogP contribution in [-0.2, 0) is 17.8 Å². The summed E-state index contributed by atoms with van der Waals surface area (Å²) < 4.78 is 14.6. The van der Waals surface area contributed by atoms with Crippen molar-refractivity contribution in [3.63, 3.8) is 0 Å². The Bertz CT molecular complexity index is 812. The van der Waals surface area contributed by atoms with Crippen molar-refractivity contribution in [1.82, 2.24) is 9.55 Å². The Balaban J connectivity index is 1.86. The van der Waals surface area contributed by atoms with Crippen molar-refractivity contribution in [3.05, 3.63) is 57.5 Å². The number of nitrogens with zero attached hydrogens (tertiary/aromatic N) is 2. The highest BCUT2D eigenvalue weighted by molar-refractivity contribution is 5.72. The van der Waals surface area contributed by atoms with Gasteiger partial charge < -0.3 is 10.4 Å². The molecule has 2 aromatic rings. The fourth-order valence-electron chi connectivity index (χ4n) is 2.87. The minimum absolute atomic E-state index is 0.212. The van der Waals surface area contributed by atoms with E-state index in [9.17, 15) is 19.1 Å². The number of carboxylic acid groups (broad SMARTS) is 1. The van der Waals surface area contributed by atoms with Gasteiger partial charge in [0, 0.05) is 13.0 Å². The molecule has 2 heterocycles. The SMILES string of the molecule is Cc1cc(F)cc(CNc2cnc3n(c2=O)[C@H](C(=O)O)CC3)c1. The average molecular weight is 317 g/mol. The van der Waals surface area contributed by atoms with Crippen LogP contribution in [0.4, 0.5) is 10.1 Å². The van der Waals surface area contributed by atoms with Gasteiger partial charge in [0.05, 0.1) is 6.20 Å². The minimum atomic E-state index is -1.04. The normalized spacial score (nSPS) is 16.2. The number of carbonyl (C=O) groups is 1. The van der Waals surface area contributed by atoms with E-state index in [0.29, 0.717) is 24.2 Å². The zero-order valence-corrected chi connectivity index (χ0v) is 12.5. The highest BCUT2D eigenvalue weighted by Crippen LogP contribution is 2.23. The third-order valence-electron chi connectivity index (χ3n) is 3.89. The Morgan fingerprint density at radius 1 is 1.48 bits per heavy atom. The average Bonchev–Trinajstić information content (AvgIpc) is 2.90. The highest BCUT2D eigenvalue weighted by atomic mass is 19.1. The van der Waals surface area contributed by atoms with E-state index < -0.39 is 17.6 Å². The molecule has 0 unspecified atom stereocenters. The van der Waals surface area contributed by atoms with Gasteiger partial charge in [-0.05, 0) is 36.6 Å². The number of hydrogen-bond donors (Lipinski definition) is 2. The van der Waals surface area contributed by atoms with Crippen molar-refractivity contribution >= 4 is 11.7 Å². The van der Waals surface area contributed by atoms with Crippen LogP contribution in [0.3, 0.4) is 0 Å². The Morgan fingerprint density at radius 2 is 2.26 bits per heavy atom. The Labute approximate surface area is 131 Å². The molecule has 1 atom stereocenters. The first kappa shape index (κ1) is 15.2. The number of nitrogens with one attached hydrogen (secondary N) is 1. The van der Waals surface area contributed by atoms with E-state index in [1.54, 1.807) is 6.92 Å². The van der Waals surface area contributed by atoms with Gasteiger partial charge in [0.25, 0.3) is 5.56 Å². The number of anilines is 1. The molecule has 0 radical (unpaired) electrons. The van der Waals surface area contributed by atoms with E-state index >= 15 is 0 Å². The van der Waals surface area contributed by atoms with Gasteiger partial charge >= 0.3 is 5.97 Å². The maximum Gasteiger partial charge on any atom is 0.326 e. The zero-order chi connectivity index (χ0) is 16.6. The molecule has 23 heavy (non-hydrogen) atoms. The molecule has 2 N–H and O–H groups in total. The zero-order valence-electron chi connectivity index (χ0n) is 12.5. The van der Waals surface area contributed by atoms with Gasteiger partial charge in [0.15, 0.2) is 0 Å². The summed E-state index contributed by atoms with van der Waals surface area (Å²) in [5.74, 6) is -0.892. The van der Waals surface area contributed by atoms with Crippen molar-refractivity contribution in [1.29, 1.82) is 0 Å². The van der Waals surface area contributed by atoms with E-state index in [1.165, 1.54) is 22.9 Å². The van der Waals surface area contributed by atoms with Crippen molar-refractivity contribution in [2.45, 2.75) is 32.4 Å². The molecule has 6 nitrogen and oxygen atoms in total. The van der Waals surface area contributed by atoms with Crippen LogP contribution in [0.15, 0.2) is 29.2 Å². The number of aliphatic carboxylic acids is 1. The molecule has 3 rings (SSSR count). The van der Waals surface area contributed by atoms with Crippen LogP contribution in [0, 0.1) is 12.7 Å². The molecule has 1 aliphatic rings. The number of aromatic nitrogens is 2. The second kappa shape index (κ2) is 5.83. The fourth-order valence-corrected chi connectivity index (χ4v) is 2.87. The first-order valence-electron chi connectivity index (χ1n) is 7.29. The van der Waals surface area contributed by atoms with Crippen LogP contribution in [0.2, 0.25) is 0 Å². The lowest BCUT2D eigenvalue weighted by Gasteiger charge is -2.12. The molecular formula is C16H16FN3O3. The maximum absolute atomic E-state index is 13.4. The third-order valence-corrected chi connectivity index (χ3v) is 3.89. The standard InChI is InChI=1S/C16H16FN3O3/c1-9-4-10(6-11(17)5-9)7-18-12-8-19-14-3-2-13(16(22)23)20(14)15(12)21/h4-6,8,13,18H,2-3,7H2,1H3,(H,22,23)/t13-/m0/s1. The van der Waals surface area contributed by atoms with Gasteiger partial charge in [-0.15, -0.1) is 0 Å². The van der Waals surface area contributed by atoms with E-state index in [2.05, 4.69) is 10.3 Å². The summed E-state index contributed by atoms with van der Waals surface area (Å²) in [6, 6.07) is 3.75. The number of halogens is 1. The summed E-state index contributed by atoms with van der Waals surface area (Å²) in [6.07, 6.45) is 2.24. The quantitative estimate of drug-likeness (QED) is 0.899. The Kier molecular flexibility index (Phi) is 3.85. The van der Waals surface area contributed by atoms with Gasteiger partial charge in [0.1, 0.15) is 23.4 Å². The van der Waals surface area contributed by atoms with Crippen LogP contribution in [0.5, 0.6) is 0 Å². The third kappa shape index (κ3) is 2.94. The lowest BCUT2D eigenvalue weighted by Crippen LogP contribution is -2.30. The maximum atomic E-state index is 13.4. The van der Waals surface area contributed by atoms with Crippen LogP contribution in [-0.4, -0.2) is 20.6 Å². The molecule has 0 spiro atoms. The van der Waals surface area contributed by atoms with Gasteiger partial charge in [-0.2, -0.15) is 0 Å². The predicted octanol–water partition coefficient (Wildman–Crippen LogP) is 1.87. The van der Waals surface area contributed by atoms with Crippen LogP contribution in [0.1, 0.15) is 29.4 Å². The van der Waals surface area contributed by atoms with E-state index in [1.807, 2.05) is 6.07 Å². The molecule has 1 aromatic heterocycles. The molecule has 0 amide bonds. The van der Waals surface area contributed by atoms with Crippen LogP contribution < -0.4 is 10.9 Å². The highest BCUT2D eigenvalue weighted by Gasteiger charge is 2.30. The topological polar surface area (TPSA) is 84.2 Å². The second-order valence-corrected chi connectivity index (χ2v) is 5.65. The molecule has 1 aliphatic heterocycles.